The number of carbonyl (C=O) groups is 1. The van der Waals surface area contributed by atoms with Crippen LogP contribution in [-0.2, 0) is 16.8 Å². The highest BCUT2D eigenvalue weighted by Crippen LogP contribution is 2.53. The zero-order chi connectivity index (χ0) is 35.7. The first-order valence-corrected chi connectivity index (χ1v) is 18.5. The number of halogens is 1. The van der Waals surface area contributed by atoms with Crippen molar-refractivity contribution >= 4 is 58.5 Å². The summed E-state index contributed by atoms with van der Waals surface area (Å²) in [6, 6.07) is 34.7. The number of aromatic nitrogens is 1. The van der Waals surface area contributed by atoms with Crippen molar-refractivity contribution in [3.63, 3.8) is 0 Å². The van der Waals surface area contributed by atoms with Gasteiger partial charge in [0.1, 0.15) is 0 Å². The molecule has 50 heavy (non-hydrogen) atoms. The molecule has 6 heteroatoms. The number of carboxylic acids is 1. The number of pyridine rings is 1. The minimum atomic E-state index is -0.911. The number of hydrogen-bond donors (Lipinski definition) is 2. The maximum absolute atomic E-state index is 11.5. The Bertz CT molecular complexity index is 1970. The van der Waals surface area contributed by atoms with E-state index >= 15 is 0 Å². The van der Waals surface area contributed by atoms with Crippen molar-refractivity contribution in [3.8, 4) is 0 Å². The highest BCUT2D eigenvalue weighted by molar-refractivity contribution is 7.99. The van der Waals surface area contributed by atoms with Crippen LogP contribution in [0.2, 0.25) is 5.02 Å². The van der Waals surface area contributed by atoms with Gasteiger partial charge in [-0.25, -0.2) is 4.98 Å². The van der Waals surface area contributed by atoms with Gasteiger partial charge < -0.3 is 10.2 Å². The first kappa shape index (κ1) is 37.1. The Morgan fingerprint density at radius 1 is 0.980 bits per heavy atom. The number of hydrogen-bond acceptors (Lipinski definition) is 4. The minimum Gasteiger partial charge on any atom is -0.481 e. The highest BCUT2D eigenvalue weighted by atomic mass is 35.5. The summed E-state index contributed by atoms with van der Waals surface area (Å²) in [5.41, 5.74) is 7.66. The van der Waals surface area contributed by atoms with Gasteiger partial charge in [-0.2, -0.15) is 11.8 Å². The quantitative estimate of drug-likeness (QED) is 0.128. The molecule has 1 aromatic heterocycles. The van der Waals surface area contributed by atoms with Crippen molar-refractivity contribution in [2.24, 2.45) is 5.41 Å². The van der Waals surface area contributed by atoms with E-state index in [1.54, 1.807) is 0 Å². The average molecular weight is 704 g/mol. The van der Waals surface area contributed by atoms with Crippen LogP contribution in [0.5, 0.6) is 0 Å². The Labute approximate surface area is 306 Å². The number of thioether (sulfide) groups is 1. The SMILES string of the molecule is C=Cc1ccccc1C.CC(C)(O)c1ccccc1CCC(SCC1(CC(=O)O)CC1)c1cccc(/C=C/c2ccc3ccc(Cl)cc3n2)c1. The van der Waals surface area contributed by atoms with Gasteiger partial charge in [0.15, 0.2) is 0 Å². The zero-order valence-electron chi connectivity index (χ0n) is 29.1. The summed E-state index contributed by atoms with van der Waals surface area (Å²) in [6.07, 6.45) is 9.89. The minimum absolute atomic E-state index is 0.0814. The summed E-state index contributed by atoms with van der Waals surface area (Å²) >= 11 is 8.04. The van der Waals surface area contributed by atoms with Gasteiger partial charge in [0.05, 0.1) is 23.2 Å². The average Bonchev–Trinajstić information content (AvgIpc) is 3.86. The molecule has 258 valence electrons. The Morgan fingerprint density at radius 3 is 2.42 bits per heavy atom. The molecule has 0 radical (unpaired) electrons. The number of rotatable bonds is 13. The summed E-state index contributed by atoms with van der Waals surface area (Å²) in [7, 11) is 0. The summed E-state index contributed by atoms with van der Waals surface area (Å²) in [4.78, 5) is 16.2. The third kappa shape index (κ3) is 10.4. The topological polar surface area (TPSA) is 70.4 Å². The number of benzene rings is 4. The maximum Gasteiger partial charge on any atom is 0.303 e. The van der Waals surface area contributed by atoms with E-state index in [-0.39, 0.29) is 17.1 Å². The van der Waals surface area contributed by atoms with E-state index in [4.69, 9.17) is 16.6 Å². The standard InChI is InChI=1S/C35H36ClNO3S.C9H10/c1-34(2,40)30-9-4-3-7-25(30)13-17-32(41-23-35(18-19-35)22-33(38)39)27-8-5-6-24(20-27)10-15-29-16-12-26-11-14-28(36)21-31(26)37-29;1-3-9-7-5-4-6-8(9)2/h3-12,14-16,20-21,32,40H,13,17-19,22-23H2,1-2H3,(H,38,39);3-7H,1H2,2H3/b15-10+;. The molecule has 0 saturated heterocycles. The molecule has 1 aliphatic rings. The number of aliphatic carboxylic acids is 1. The summed E-state index contributed by atoms with van der Waals surface area (Å²) in [5, 5.41) is 22.1. The van der Waals surface area contributed by atoms with Crippen molar-refractivity contribution in [2.75, 3.05) is 5.75 Å². The lowest BCUT2D eigenvalue weighted by Gasteiger charge is -2.24. The molecular weight excluding hydrogens is 658 g/mol. The van der Waals surface area contributed by atoms with Crippen LogP contribution in [0.15, 0.2) is 110 Å². The molecule has 1 saturated carbocycles. The summed E-state index contributed by atoms with van der Waals surface area (Å²) in [5.74, 6) is 0.122. The van der Waals surface area contributed by atoms with Gasteiger partial charge in [-0.15, -0.1) is 0 Å². The van der Waals surface area contributed by atoms with Gasteiger partial charge in [0.25, 0.3) is 0 Å². The van der Waals surface area contributed by atoms with E-state index in [2.05, 4.69) is 68.1 Å². The molecule has 1 fully saturated rings. The molecule has 1 aliphatic carbocycles. The predicted molar refractivity (Wildman–Crippen MR) is 213 cm³/mol. The van der Waals surface area contributed by atoms with Gasteiger partial charge in [0.2, 0.25) is 0 Å². The van der Waals surface area contributed by atoms with Gasteiger partial charge >= 0.3 is 5.97 Å². The fourth-order valence-corrected chi connectivity index (χ4v) is 7.91. The summed E-state index contributed by atoms with van der Waals surface area (Å²) in [6.45, 7) is 9.43. The van der Waals surface area contributed by atoms with Crippen LogP contribution in [0.4, 0.5) is 0 Å². The lowest BCUT2D eigenvalue weighted by molar-refractivity contribution is -0.138. The number of fused-ring (bicyclic) bond motifs is 1. The van der Waals surface area contributed by atoms with Gasteiger partial charge in [-0.3, -0.25) is 4.79 Å². The second-order valence-corrected chi connectivity index (χ2v) is 15.4. The Hall–Kier alpha value is -4.16. The third-order valence-electron chi connectivity index (χ3n) is 9.24. The van der Waals surface area contributed by atoms with E-state index in [1.807, 2.05) is 92.4 Å². The molecule has 0 spiro atoms. The molecule has 2 N–H and O–H groups in total. The Kier molecular flexibility index (Phi) is 12.4. The first-order valence-electron chi connectivity index (χ1n) is 17.1. The first-order chi connectivity index (χ1) is 23.9. The van der Waals surface area contributed by atoms with Crippen LogP contribution >= 0.6 is 23.4 Å². The lowest BCUT2D eigenvalue weighted by Crippen LogP contribution is -2.18. The van der Waals surface area contributed by atoms with E-state index in [0.29, 0.717) is 5.02 Å². The monoisotopic (exact) mass is 703 g/mol. The molecule has 1 heterocycles. The fraction of sp³-hybridized carbons (Fsp3) is 0.273. The number of aliphatic hydroxyl groups is 1. The van der Waals surface area contributed by atoms with Crippen LogP contribution in [0.3, 0.4) is 0 Å². The van der Waals surface area contributed by atoms with Gasteiger partial charge in [0, 0.05) is 21.4 Å². The lowest BCUT2D eigenvalue weighted by atomic mass is 9.90. The largest absolute Gasteiger partial charge is 0.481 e. The van der Waals surface area contributed by atoms with Crippen molar-refractivity contribution in [3.05, 3.63) is 154 Å². The van der Waals surface area contributed by atoms with Gasteiger partial charge in [-0.05, 0) is 110 Å². The van der Waals surface area contributed by atoms with Crippen LogP contribution in [0.25, 0.3) is 29.1 Å². The van der Waals surface area contributed by atoms with Crippen LogP contribution in [0, 0.1) is 12.3 Å². The Balaban J connectivity index is 0.000000470. The second-order valence-electron chi connectivity index (χ2n) is 13.8. The molecule has 1 atom stereocenters. The molecule has 0 amide bonds. The van der Waals surface area contributed by atoms with E-state index in [0.717, 1.165) is 64.7 Å². The number of aryl methyl sites for hydroxylation is 2. The van der Waals surface area contributed by atoms with E-state index in [1.165, 1.54) is 16.7 Å². The third-order valence-corrected chi connectivity index (χ3v) is 11.2. The Morgan fingerprint density at radius 2 is 1.72 bits per heavy atom. The van der Waals surface area contributed by atoms with Crippen LogP contribution < -0.4 is 0 Å². The number of nitrogens with zero attached hydrogens (tertiary/aromatic N) is 1. The molecule has 1 unspecified atom stereocenters. The van der Waals surface area contributed by atoms with E-state index < -0.39 is 11.6 Å². The highest BCUT2D eigenvalue weighted by Gasteiger charge is 2.44. The maximum atomic E-state index is 11.5. The predicted octanol–water partition coefficient (Wildman–Crippen LogP) is 11.6. The molecule has 4 aromatic carbocycles. The smallest absolute Gasteiger partial charge is 0.303 e. The molecule has 6 rings (SSSR count). The number of carboxylic acid groups (broad SMARTS) is 1. The molecule has 0 aliphatic heterocycles. The second kappa shape index (κ2) is 16.7. The van der Waals surface area contributed by atoms with Crippen LogP contribution in [0.1, 0.15) is 83.9 Å². The van der Waals surface area contributed by atoms with Crippen molar-refractivity contribution in [1.82, 2.24) is 4.98 Å². The molecule has 5 aromatic rings. The fourth-order valence-electron chi connectivity index (χ4n) is 6.17. The van der Waals surface area contributed by atoms with Crippen LogP contribution in [-0.4, -0.2) is 26.9 Å². The normalized spacial score (nSPS) is 14.2. The van der Waals surface area contributed by atoms with Gasteiger partial charge in [-0.1, -0.05) is 115 Å². The molecule has 0 bridgehead atoms. The zero-order valence-corrected chi connectivity index (χ0v) is 30.7. The molecule has 4 nitrogen and oxygen atoms in total. The summed E-state index contributed by atoms with van der Waals surface area (Å²) < 4.78 is 0. The van der Waals surface area contributed by atoms with Crippen molar-refractivity contribution in [1.29, 1.82) is 0 Å². The van der Waals surface area contributed by atoms with Crippen molar-refractivity contribution in [2.45, 2.75) is 63.7 Å². The van der Waals surface area contributed by atoms with E-state index in [9.17, 15) is 15.0 Å². The molecular formula is C44H46ClNO3S. The van der Waals surface area contributed by atoms with Crippen molar-refractivity contribution < 1.29 is 15.0 Å².